The number of carbonyl (C=O) groups is 1. The molecular weight excluding hydrogens is 316 g/mol. The van der Waals surface area contributed by atoms with Gasteiger partial charge in [-0.2, -0.15) is 0 Å². The molecular formula is C20H26N2O3. The first-order valence-electron chi connectivity index (χ1n) is 8.98. The fourth-order valence-corrected chi connectivity index (χ4v) is 3.32. The SMILES string of the molecule is O=C(CN1CCC(CCc2ccc(O)cc2)CC1)NCc1ccco1. The van der Waals surface area contributed by atoms with Gasteiger partial charge in [-0.1, -0.05) is 12.1 Å². The van der Waals surface area contributed by atoms with E-state index in [9.17, 15) is 9.90 Å². The quantitative estimate of drug-likeness (QED) is 0.812. The van der Waals surface area contributed by atoms with Gasteiger partial charge in [0.2, 0.25) is 5.91 Å². The maximum absolute atomic E-state index is 12.0. The Morgan fingerprint density at radius 1 is 1.20 bits per heavy atom. The molecule has 0 unspecified atom stereocenters. The summed E-state index contributed by atoms with van der Waals surface area (Å²) in [4.78, 5) is 14.2. The van der Waals surface area contributed by atoms with Gasteiger partial charge in [0.1, 0.15) is 11.5 Å². The average Bonchev–Trinajstić information content (AvgIpc) is 3.14. The van der Waals surface area contributed by atoms with Crippen LogP contribution in [-0.2, 0) is 17.8 Å². The molecule has 1 aliphatic heterocycles. The minimum absolute atomic E-state index is 0.0546. The molecule has 5 nitrogen and oxygen atoms in total. The molecule has 1 fully saturated rings. The molecule has 0 spiro atoms. The lowest BCUT2D eigenvalue weighted by Crippen LogP contribution is -2.41. The number of aryl methyl sites for hydroxylation is 1. The number of hydrogen-bond acceptors (Lipinski definition) is 4. The van der Waals surface area contributed by atoms with E-state index in [1.165, 1.54) is 12.0 Å². The van der Waals surface area contributed by atoms with Crippen molar-refractivity contribution in [3.63, 3.8) is 0 Å². The first-order chi connectivity index (χ1) is 12.2. The van der Waals surface area contributed by atoms with Crippen molar-refractivity contribution in [2.24, 2.45) is 5.92 Å². The Kier molecular flexibility index (Phi) is 6.12. The highest BCUT2D eigenvalue weighted by Gasteiger charge is 2.20. The predicted molar refractivity (Wildman–Crippen MR) is 96.1 cm³/mol. The zero-order chi connectivity index (χ0) is 17.5. The van der Waals surface area contributed by atoms with Crippen molar-refractivity contribution in [2.45, 2.75) is 32.2 Å². The topological polar surface area (TPSA) is 65.7 Å². The van der Waals surface area contributed by atoms with Gasteiger partial charge in [0.15, 0.2) is 0 Å². The van der Waals surface area contributed by atoms with E-state index in [4.69, 9.17) is 4.42 Å². The van der Waals surface area contributed by atoms with Gasteiger partial charge in [0, 0.05) is 0 Å². The molecule has 1 saturated heterocycles. The standard InChI is InChI=1S/C20H26N2O3/c23-18-7-5-16(6-8-18)3-4-17-9-11-22(12-10-17)15-20(24)21-14-19-2-1-13-25-19/h1-2,5-8,13,17,23H,3-4,9-12,14-15H2,(H,21,24). The molecule has 0 atom stereocenters. The van der Waals surface area contributed by atoms with E-state index in [0.29, 0.717) is 18.8 Å². The maximum atomic E-state index is 12.0. The summed E-state index contributed by atoms with van der Waals surface area (Å²) in [5, 5.41) is 12.2. The number of phenols is 1. The lowest BCUT2D eigenvalue weighted by atomic mass is 9.90. The zero-order valence-electron chi connectivity index (χ0n) is 14.5. The molecule has 1 aliphatic rings. The number of rotatable bonds is 7. The van der Waals surface area contributed by atoms with E-state index < -0.39 is 0 Å². The zero-order valence-corrected chi connectivity index (χ0v) is 14.5. The molecule has 25 heavy (non-hydrogen) atoms. The Balaban J connectivity index is 1.32. The number of likely N-dealkylation sites (tertiary alicyclic amines) is 1. The van der Waals surface area contributed by atoms with Crippen LogP contribution in [0, 0.1) is 5.92 Å². The van der Waals surface area contributed by atoms with Gasteiger partial charge in [0.25, 0.3) is 0 Å². The molecule has 2 N–H and O–H groups in total. The predicted octanol–water partition coefficient (Wildman–Crippen LogP) is 2.95. The van der Waals surface area contributed by atoms with Crippen LogP contribution in [0.2, 0.25) is 0 Å². The molecule has 2 heterocycles. The number of furan rings is 1. The van der Waals surface area contributed by atoms with Crippen LogP contribution < -0.4 is 5.32 Å². The van der Waals surface area contributed by atoms with E-state index in [2.05, 4.69) is 10.2 Å². The monoisotopic (exact) mass is 342 g/mol. The Morgan fingerprint density at radius 3 is 2.64 bits per heavy atom. The third-order valence-electron chi connectivity index (χ3n) is 4.89. The van der Waals surface area contributed by atoms with Crippen molar-refractivity contribution in [3.05, 3.63) is 54.0 Å². The molecule has 3 rings (SSSR count). The average molecular weight is 342 g/mol. The molecule has 2 aromatic rings. The Labute approximate surface area is 148 Å². The molecule has 0 aliphatic carbocycles. The molecule has 0 radical (unpaired) electrons. The number of carbonyl (C=O) groups excluding carboxylic acids is 1. The second-order valence-corrected chi connectivity index (χ2v) is 6.78. The molecule has 1 amide bonds. The van der Waals surface area contributed by atoms with Crippen molar-refractivity contribution in [1.29, 1.82) is 0 Å². The second-order valence-electron chi connectivity index (χ2n) is 6.78. The molecule has 1 aromatic carbocycles. The van der Waals surface area contributed by atoms with Gasteiger partial charge in [-0.25, -0.2) is 0 Å². The van der Waals surface area contributed by atoms with E-state index in [1.807, 2.05) is 24.3 Å². The normalized spacial score (nSPS) is 16.0. The van der Waals surface area contributed by atoms with Crippen LogP contribution in [0.25, 0.3) is 0 Å². The minimum Gasteiger partial charge on any atom is -0.508 e. The number of hydrogen-bond donors (Lipinski definition) is 2. The number of piperidine rings is 1. The van der Waals surface area contributed by atoms with Gasteiger partial charge in [0.05, 0.1) is 19.4 Å². The Bertz CT molecular complexity index is 644. The maximum Gasteiger partial charge on any atom is 0.234 e. The fourth-order valence-electron chi connectivity index (χ4n) is 3.32. The van der Waals surface area contributed by atoms with Gasteiger partial charge < -0.3 is 14.8 Å². The Hall–Kier alpha value is -2.27. The van der Waals surface area contributed by atoms with Gasteiger partial charge in [-0.3, -0.25) is 9.69 Å². The smallest absolute Gasteiger partial charge is 0.234 e. The molecule has 134 valence electrons. The summed E-state index contributed by atoms with van der Waals surface area (Å²) >= 11 is 0. The first kappa shape index (κ1) is 17.5. The summed E-state index contributed by atoms with van der Waals surface area (Å²) < 4.78 is 5.22. The highest BCUT2D eigenvalue weighted by atomic mass is 16.3. The van der Waals surface area contributed by atoms with E-state index in [0.717, 1.165) is 44.0 Å². The number of phenolic OH excluding ortho intramolecular Hbond substituents is 1. The van der Waals surface area contributed by atoms with Crippen molar-refractivity contribution in [3.8, 4) is 5.75 Å². The first-order valence-corrected chi connectivity index (χ1v) is 8.98. The van der Waals surface area contributed by atoms with Crippen molar-refractivity contribution < 1.29 is 14.3 Å². The van der Waals surface area contributed by atoms with Crippen LogP contribution >= 0.6 is 0 Å². The van der Waals surface area contributed by atoms with Crippen LogP contribution in [0.15, 0.2) is 47.1 Å². The summed E-state index contributed by atoms with van der Waals surface area (Å²) in [6.07, 6.45) is 6.12. The summed E-state index contributed by atoms with van der Waals surface area (Å²) in [6, 6.07) is 11.2. The van der Waals surface area contributed by atoms with Gasteiger partial charge >= 0.3 is 0 Å². The largest absolute Gasteiger partial charge is 0.508 e. The van der Waals surface area contributed by atoms with Crippen molar-refractivity contribution in [1.82, 2.24) is 10.2 Å². The van der Waals surface area contributed by atoms with Crippen LogP contribution in [0.5, 0.6) is 5.75 Å². The molecule has 0 saturated carbocycles. The third kappa shape index (κ3) is 5.64. The number of benzene rings is 1. The number of nitrogens with zero attached hydrogens (tertiary/aromatic N) is 1. The molecule has 5 heteroatoms. The van der Waals surface area contributed by atoms with E-state index in [1.54, 1.807) is 18.4 Å². The summed E-state index contributed by atoms with van der Waals surface area (Å²) in [7, 11) is 0. The van der Waals surface area contributed by atoms with Crippen LogP contribution in [0.3, 0.4) is 0 Å². The third-order valence-corrected chi connectivity index (χ3v) is 4.89. The highest BCUT2D eigenvalue weighted by molar-refractivity contribution is 5.77. The van der Waals surface area contributed by atoms with Gasteiger partial charge in [-0.15, -0.1) is 0 Å². The summed E-state index contributed by atoms with van der Waals surface area (Å²) in [5.74, 6) is 1.87. The summed E-state index contributed by atoms with van der Waals surface area (Å²) in [6.45, 7) is 2.88. The summed E-state index contributed by atoms with van der Waals surface area (Å²) in [5.41, 5.74) is 1.28. The number of nitrogens with one attached hydrogen (secondary N) is 1. The second kappa shape index (κ2) is 8.72. The number of amides is 1. The minimum atomic E-state index is 0.0546. The van der Waals surface area contributed by atoms with Crippen molar-refractivity contribution in [2.75, 3.05) is 19.6 Å². The van der Waals surface area contributed by atoms with Crippen LogP contribution in [0.4, 0.5) is 0 Å². The lowest BCUT2D eigenvalue weighted by molar-refractivity contribution is -0.122. The number of aromatic hydroxyl groups is 1. The Morgan fingerprint density at radius 2 is 1.96 bits per heavy atom. The van der Waals surface area contributed by atoms with Crippen LogP contribution in [-0.4, -0.2) is 35.5 Å². The fraction of sp³-hybridized carbons (Fsp3) is 0.450. The van der Waals surface area contributed by atoms with E-state index >= 15 is 0 Å². The highest BCUT2D eigenvalue weighted by Crippen LogP contribution is 2.22. The van der Waals surface area contributed by atoms with Gasteiger partial charge in [-0.05, 0) is 74.5 Å². The van der Waals surface area contributed by atoms with Crippen LogP contribution in [0.1, 0.15) is 30.6 Å². The molecule has 0 bridgehead atoms. The molecule has 1 aromatic heterocycles. The van der Waals surface area contributed by atoms with E-state index in [-0.39, 0.29) is 5.91 Å². The van der Waals surface area contributed by atoms with Crippen molar-refractivity contribution >= 4 is 5.91 Å². The lowest BCUT2D eigenvalue weighted by Gasteiger charge is -2.31.